The number of hydrogen-bond acceptors (Lipinski definition) is 4. The molecule has 16 heavy (non-hydrogen) atoms. The van der Waals surface area contributed by atoms with Crippen molar-refractivity contribution in [1.82, 2.24) is 9.88 Å². The number of nitrogens with zero attached hydrogens (tertiary/aromatic N) is 2. The van der Waals surface area contributed by atoms with Gasteiger partial charge in [0.2, 0.25) is 0 Å². The predicted molar refractivity (Wildman–Crippen MR) is 70.6 cm³/mol. The molecule has 4 heteroatoms. The Morgan fingerprint density at radius 2 is 2.19 bits per heavy atom. The molecule has 1 rings (SSSR count). The molecule has 0 aliphatic rings. The van der Waals surface area contributed by atoms with Gasteiger partial charge in [-0.05, 0) is 32.9 Å². The molecule has 0 amide bonds. The summed E-state index contributed by atoms with van der Waals surface area (Å²) in [6.45, 7) is 8.36. The van der Waals surface area contributed by atoms with Gasteiger partial charge in [-0.1, -0.05) is 13.8 Å². The zero-order valence-corrected chi connectivity index (χ0v) is 11.5. The number of nitrogens with two attached hydrogens (primary N) is 1. The molecule has 0 aliphatic carbocycles. The Morgan fingerprint density at radius 1 is 1.50 bits per heavy atom. The van der Waals surface area contributed by atoms with E-state index in [9.17, 15) is 0 Å². The molecule has 0 aromatic carbocycles. The number of aromatic nitrogens is 1. The summed E-state index contributed by atoms with van der Waals surface area (Å²) in [5.41, 5.74) is 7.14. The van der Waals surface area contributed by atoms with Gasteiger partial charge >= 0.3 is 0 Å². The number of hydrogen-bond donors (Lipinski definition) is 1. The van der Waals surface area contributed by atoms with Gasteiger partial charge in [0.1, 0.15) is 5.01 Å². The fourth-order valence-corrected chi connectivity index (χ4v) is 2.34. The summed E-state index contributed by atoms with van der Waals surface area (Å²) in [6.07, 6.45) is 1.05. The molecule has 3 nitrogen and oxygen atoms in total. The van der Waals surface area contributed by atoms with Gasteiger partial charge < -0.3 is 5.73 Å². The average molecular weight is 241 g/mol. The first-order valence-electron chi connectivity index (χ1n) is 5.84. The van der Waals surface area contributed by atoms with Crippen LogP contribution in [-0.2, 0) is 6.54 Å². The molecule has 1 aromatic heterocycles. The SMILES string of the molecule is Cc1csc(CN(C)CCC(N)C(C)C)n1. The minimum Gasteiger partial charge on any atom is -0.327 e. The fraction of sp³-hybridized carbons (Fsp3) is 0.750. The first-order chi connectivity index (χ1) is 7.49. The van der Waals surface area contributed by atoms with Crippen molar-refractivity contribution in [3.63, 3.8) is 0 Å². The first kappa shape index (κ1) is 13.6. The minimum atomic E-state index is 0.306. The Morgan fingerprint density at radius 3 is 2.69 bits per heavy atom. The van der Waals surface area contributed by atoms with E-state index in [2.05, 4.69) is 36.2 Å². The second-order valence-electron chi connectivity index (χ2n) is 4.82. The molecule has 0 saturated heterocycles. The Balaban J connectivity index is 2.28. The van der Waals surface area contributed by atoms with Gasteiger partial charge in [-0.25, -0.2) is 4.98 Å². The van der Waals surface area contributed by atoms with Crippen LogP contribution in [0.5, 0.6) is 0 Å². The normalized spacial score (nSPS) is 13.7. The van der Waals surface area contributed by atoms with Crippen LogP contribution in [-0.4, -0.2) is 29.5 Å². The molecular weight excluding hydrogens is 218 g/mol. The maximum atomic E-state index is 6.02. The topological polar surface area (TPSA) is 42.1 Å². The third kappa shape index (κ3) is 4.60. The van der Waals surface area contributed by atoms with Gasteiger partial charge in [-0.15, -0.1) is 11.3 Å². The summed E-state index contributed by atoms with van der Waals surface area (Å²) in [7, 11) is 2.13. The summed E-state index contributed by atoms with van der Waals surface area (Å²) in [5, 5.41) is 3.29. The molecule has 0 fully saturated rings. The lowest BCUT2D eigenvalue weighted by Crippen LogP contribution is -2.31. The maximum absolute atomic E-state index is 6.02. The highest BCUT2D eigenvalue weighted by Gasteiger charge is 2.09. The largest absolute Gasteiger partial charge is 0.327 e. The molecule has 0 saturated carbocycles. The van der Waals surface area contributed by atoms with Gasteiger partial charge in [0.25, 0.3) is 0 Å². The van der Waals surface area contributed by atoms with Crippen LogP contribution < -0.4 is 5.73 Å². The molecule has 1 unspecified atom stereocenters. The maximum Gasteiger partial charge on any atom is 0.107 e. The predicted octanol–water partition coefficient (Wildman–Crippen LogP) is 2.26. The van der Waals surface area contributed by atoms with E-state index in [-0.39, 0.29) is 0 Å². The second-order valence-corrected chi connectivity index (χ2v) is 5.76. The fourth-order valence-electron chi connectivity index (χ4n) is 1.49. The molecular formula is C12H23N3S. The van der Waals surface area contributed by atoms with E-state index in [1.807, 2.05) is 6.92 Å². The van der Waals surface area contributed by atoms with E-state index in [0.717, 1.165) is 25.2 Å². The molecule has 0 spiro atoms. The third-order valence-corrected chi connectivity index (χ3v) is 3.72. The summed E-state index contributed by atoms with van der Waals surface area (Å²) in [6, 6.07) is 0.306. The zero-order chi connectivity index (χ0) is 12.1. The van der Waals surface area contributed by atoms with Crippen LogP contribution in [0.25, 0.3) is 0 Å². The first-order valence-corrected chi connectivity index (χ1v) is 6.72. The second kappa shape index (κ2) is 6.33. The summed E-state index contributed by atoms with van der Waals surface area (Å²) in [4.78, 5) is 6.75. The van der Waals surface area contributed by atoms with Crippen LogP contribution in [0.4, 0.5) is 0 Å². The average Bonchev–Trinajstić information content (AvgIpc) is 2.60. The zero-order valence-electron chi connectivity index (χ0n) is 10.7. The monoisotopic (exact) mass is 241 g/mol. The summed E-state index contributed by atoms with van der Waals surface area (Å²) in [5.74, 6) is 0.565. The minimum absolute atomic E-state index is 0.306. The number of aryl methyl sites for hydroxylation is 1. The van der Waals surface area contributed by atoms with E-state index < -0.39 is 0 Å². The summed E-state index contributed by atoms with van der Waals surface area (Å²) < 4.78 is 0. The standard InChI is InChI=1S/C12H23N3S/c1-9(2)11(13)5-6-15(4)7-12-14-10(3)8-16-12/h8-9,11H,5-7,13H2,1-4H3. The molecule has 2 N–H and O–H groups in total. The van der Waals surface area contributed by atoms with Crippen molar-refractivity contribution in [2.24, 2.45) is 11.7 Å². The van der Waals surface area contributed by atoms with Crippen LogP contribution >= 0.6 is 11.3 Å². The lowest BCUT2D eigenvalue weighted by molar-refractivity contribution is 0.296. The Bertz CT molecular complexity index is 309. The van der Waals surface area contributed by atoms with Gasteiger partial charge in [-0.2, -0.15) is 0 Å². The number of thiazole rings is 1. The lowest BCUT2D eigenvalue weighted by Gasteiger charge is -2.20. The molecule has 0 radical (unpaired) electrons. The molecule has 1 aromatic rings. The van der Waals surface area contributed by atoms with Crippen LogP contribution in [0.1, 0.15) is 31.0 Å². The quantitative estimate of drug-likeness (QED) is 0.830. The van der Waals surface area contributed by atoms with E-state index in [1.165, 1.54) is 5.01 Å². The Hall–Kier alpha value is -0.450. The van der Waals surface area contributed by atoms with E-state index in [1.54, 1.807) is 11.3 Å². The highest BCUT2D eigenvalue weighted by atomic mass is 32.1. The van der Waals surface area contributed by atoms with Crippen molar-refractivity contribution in [1.29, 1.82) is 0 Å². The van der Waals surface area contributed by atoms with Gasteiger partial charge in [0.05, 0.1) is 6.54 Å². The van der Waals surface area contributed by atoms with Crippen molar-refractivity contribution >= 4 is 11.3 Å². The van der Waals surface area contributed by atoms with Gasteiger partial charge in [0.15, 0.2) is 0 Å². The van der Waals surface area contributed by atoms with Gasteiger partial charge in [0, 0.05) is 17.1 Å². The Kier molecular flexibility index (Phi) is 5.38. The van der Waals surface area contributed by atoms with Crippen molar-refractivity contribution < 1.29 is 0 Å². The lowest BCUT2D eigenvalue weighted by atomic mass is 10.0. The molecule has 92 valence electrons. The summed E-state index contributed by atoms with van der Waals surface area (Å²) >= 11 is 1.73. The smallest absolute Gasteiger partial charge is 0.107 e. The van der Waals surface area contributed by atoms with Crippen molar-refractivity contribution in [2.75, 3.05) is 13.6 Å². The van der Waals surface area contributed by atoms with E-state index >= 15 is 0 Å². The van der Waals surface area contributed by atoms with Crippen molar-refractivity contribution in [3.05, 3.63) is 16.1 Å². The third-order valence-electron chi connectivity index (χ3n) is 2.77. The van der Waals surface area contributed by atoms with E-state index in [4.69, 9.17) is 5.73 Å². The Labute approximate surface area is 103 Å². The van der Waals surface area contributed by atoms with Crippen LogP contribution in [0.15, 0.2) is 5.38 Å². The van der Waals surface area contributed by atoms with Crippen molar-refractivity contribution in [3.8, 4) is 0 Å². The molecule has 0 aliphatic heterocycles. The van der Waals surface area contributed by atoms with E-state index in [0.29, 0.717) is 12.0 Å². The number of rotatable bonds is 6. The van der Waals surface area contributed by atoms with Crippen LogP contribution in [0.3, 0.4) is 0 Å². The van der Waals surface area contributed by atoms with Gasteiger partial charge in [-0.3, -0.25) is 4.90 Å². The molecule has 1 heterocycles. The van der Waals surface area contributed by atoms with Crippen LogP contribution in [0, 0.1) is 12.8 Å². The molecule has 0 bridgehead atoms. The molecule has 1 atom stereocenters. The highest BCUT2D eigenvalue weighted by molar-refractivity contribution is 7.09. The highest BCUT2D eigenvalue weighted by Crippen LogP contribution is 2.11. The van der Waals surface area contributed by atoms with Crippen molar-refractivity contribution in [2.45, 2.75) is 39.8 Å². The van der Waals surface area contributed by atoms with Crippen LogP contribution in [0.2, 0.25) is 0 Å².